The van der Waals surface area contributed by atoms with Crippen LogP contribution in [0.3, 0.4) is 0 Å². The molecule has 0 unspecified atom stereocenters. The molecular weight excluding hydrogens is 304 g/mol. The number of hydrogen-bond donors (Lipinski definition) is 1. The summed E-state index contributed by atoms with van der Waals surface area (Å²) in [4.78, 5) is 4.22. The third kappa shape index (κ3) is 4.94. The Balaban J connectivity index is 1.83. The molecule has 0 atom stereocenters. The van der Waals surface area contributed by atoms with E-state index in [1.165, 1.54) is 11.3 Å². The molecule has 1 N–H and O–H groups in total. The van der Waals surface area contributed by atoms with Gasteiger partial charge in [-0.3, -0.25) is 0 Å². The van der Waals surface area contributed by atoms with E-state index in [9.17, 15) is 0 Å². The molecule has 2 heterocycles. The molecule has 2 aromatic rings. The molecule has 0 aliphatic rings. The fourth-order valence-corrected chi connectivity index (χ4v) is 3.13. The fourth-order valence-electron chi connectivity index (χ4n) is 1.27. The van der Waals surface area contributed by atoms with Crippen molar-refractivity contribution in [2.24, 2.45) is 0 Å². The highest BCUT2D eigenvalue weighted by Gasteiger charge is 2.05. The molecule has 0 fully saturated rings. The molecule has 102 valence electrons. The van der Waals surface area contributed by atoms with Gasteiger partial charge in [-0.15, -0.1) is 10.2 Å². The van der Waals surface area contributed by atoms with Crippen LogP contribution in [-0.4, -0.2) is 35.4 Å². The summed E-state index contributed by atoms with van der Waals surface area (Å²) in [5, 5.41) is 12.6. The van der Waals surface area contributed by atoms with E-state index in [0.29, 0.717) is 11.8 Å². The lowest BCUT2D eigenvalue weighted by atomic mass is 10.4. The lowest BCUT2D eigenvalue weighted by Gasteiger charge is -1.99. The van der Waals surface area contributed by atoms with Crippen molar-refractivity contribution in [2.75, 3.05) is 25.6 Å². The smallest absolute Gasteiger partial charge is 0.206 e. The second-order valence-corrected chi connectivity index (χ2v) is 6.12. The Hall–Kier alpha value is -0.890. The Morgan fingerprint density at radius 2 is 2.32 bits per heavy atom. The van der Waals surface area contributed by atoms with Gasteiger partial charge in [0.15, 0.2) is 4.34 Å². The highest BCUT2D eigenvalue weighted by Crippen LogP contribution is 2.27. The summed E-state index contributed by atoms with van der Waals surface area (Å²) in [6.45, 7) is 1.38. The number of anilines is 1. The van der Waals surface area contributed by atoms with Gasteiger partial charge in [0, 0.05) is 19.4 Å². The molecule has 19 heavy (non-hydrogen) atoms. The number of rotatable bonds is 7. The van der Waals surface area contributed by atoms with Crippen molar-refractivity contribution in [2.45, 2.75) is 10.1 Å². The third-order valence-corrected chi connectivity index (χ3v) is 4.36. The van der Waals surface area contributed by atoms with Gasteiger partial charge in [0.05, 0.1) is 12.3 Å². The number of halogens is 1. The summed E-state index contributed by atoms with van der Waals surface area (Å²) in [5.41, 5.74) is 0.932. The number of thioether (sulfide) groups is 1. The van der Waals surface area contributed by atoms with E-state index in [1.807, 2.05) is 12.1 Å². The molecule has 2 aromatic heterocycles. The molecule has 0 aliphatic carbocycles. The Kier molecular flexibility index (Phi) is 5.84. The Morgan fingerprint density at radius 3 is 3.11 bits per heavy atom. The highest BCUT2D eigenvalue weighted by atomic mass is 35.5. The molecule has 0 amide bonds. The summed E-state index contributed by atoms with van der Waals surface area (Å²) in [6, 6.07) is 5.60. The van der Waals surface area contributed by atoms with Gasteiger partial charge >= 0.3 is 0 Å². The van der Waals surface area contributed by atoms with Crippen LogP contribution in [0.1, 0.15) is 5.69 Å². The van der Waals surface area contributed by atoms with Gasteiger partial charge in [-0.1, -0.05) is 40.8 Å². The highest BCUT2D eigenvalue weighted by molar-refractivity contribution is 8.00. The summed E-state index contributed by atoms with van der Waals surface area (Å²) >= 11 is 8.95. The van der Waals surface area contributed by atoms with Crippen molar-refractivity contribution in [3.05, 3.63) is 29.0 Å². The third-order valence-electron chi connectivity index (χ3n) is 2.11. The van der Waals surface area contributed by atoms with E-state index >= 15 is 0 Å². The Labute approximate surface area is 124 Å². The van der Waals surface area contributed by atoms with Crippen LogP contribution in [0.5, 0.6) is 0 Å². The number of aromatic nitrogens is 3. The maximum Gasteiger partial charge on any atom is 0.206 e. The van der Waals surface area contributed by atoms with E-state index in [-0.39, 0.29) is 0 Å². The first-order valence-corrected chi connectivity index (χ1v) is 7.76. The van der Waals surface area contributed by atoms with Crippen LogP contribution in [0, 0.1) is 0 Å². The predicted octanol–water partition coefficient (Wildman–Crippen LogP) is 2.94. The molecule has 0 aromatic carbocycles. The number of nitrogens with zero attached hydrogens (tertiary/aromatic N) is 3. The van der Waals surface area contributed by atoms with Crippen LogP contribution in [0.25, 0.3) is 0 Å². The van der Waals surface area contributed by atoms with Crippen molar-refractivity contribution in [3.8, 4) is 0 Å². The molecule has 0 saturated carbocycles. The fraction of sp³-hybridized carbons (Fsp3) is 0.364. The zero-order valence-corrected chi connectivity index (χ0v) is 12.7. The summed E-state index contributed by atoms with van der Waals surface area (Å²) in [6.07, 6.45) is 0. The second-order valence-electron chi connectivity index (χ2n) is 3.53. The average molecular weight is 317 g/mol. The van der Waals surface area contributed by atoms with Gasteiger partial charge in [0.1, 0.15) is 5.15 Å². The van der Waals surface area contributed by atoms with Crippen LogP contribution >= 0.6 is 34.7 Å². The van der Waals surface area contributed by atoms with Gasteiger partial charge in [-0.25, -0.2) is 4.98 Å². The van der Waals surface area contributed by atoms with Gasteiger partial charge < -0.3 is 10.1 Å². The minimum atomic E-state index is 0.511. The van der Waals surface area contributed by atoms with Crippen molar-refractivity contribution >= 4 is 39.8 Å². The molecule has 0 saturated heterocycles. The minimum Gasteiger partial charge on any atom is -0.383 e. The van der Waals surface area contributed by atoms with Crippen LogP contribution < -0.4 is 5.32 Å². The Morgan fingerprint density at radius 1 is 1.42 bits per heavy atom. The number of ether oxygens (including phenoxy) is 1. The predicted molar refractivity (Wildman–Crippen MR) is 79.1 cm³/mol. The molecule has 0 radical (unpaired) electrons. The first-order chi connectivity index (χ1) is 9.28. The standard InChI is InChI=1S/C11H13ClN4OS2/c1-17-6-5-13-10-15-16-11(19-10)18-7-8-3-2-4-9(12)14-8/h2-4H,5-7H2,1H3,(H,13,15). The number of nitrogens with one attached hydrogen (secondary N) is 1. The molecule has 0 spiro atoms. The maximum atomic E-state index is 5.83. The Bertz CT molecular complexity index is 523. The van der Waals surface area contributed by atoms with Gasteiger partial charge in [0.25, 0.3) is 0 Å². The van der Waals surface area contributed by atoms with Crippen molar-refractivity contribution in [1.29, 1.82) is 0 Å². The van der Waals surface area contributed by atoms with Gasteiger partial charge in [0.2, 0.25) is 5.13 Å². The SMILES string of the molecule is COCCNc1nnc(SCc2cccc(Cl)n2)s1. The molecule has 0 aliphatic heterocycles. The zero-order chi connectivity index (χ0) is 13.5. The van der Waals surface area contributed by atoms with Gasteiger partial charge in [-0.2, -0.15) is 0 Å². The lowest BCUT2D eigenvalue weighted by molar-refractivity contribution is 0.211. The van der Waals surface area contributed by atoms with Crippen LogP contribution in [-0.2, 0) is 10.5 Å². The molecule has 2 rings (SSSR count). The minimum absolute atomic E-state index is 0.511. The largest absolute Gasteiger partial charge is 0.383 e. The molecular formula is C11H13ClN4OS2. The maximum absolute atomic E-state index is 5.83. The topological polar surface area (TPSA) is 59.9 Å². The van der Waals surface area contributed by atoms with E-state index in [4.69, 9.17) is 16.3 Å². The van der Waals surface area contributed by atoms with E-state index in [1.54, 1.807) is 24.9 Å². The monoisotopic (exact) mass is 316 g/mol. The molecule has 0 bridgehead atoms. The number of hydrogen-bond acceptors (Lipinski definition) is 7. The zero-order valence-electron chi connectivity index (χ0n) is 10.3. The van der Waals surface area contributed by atoms with Crippen molar-refractivity contribution < 1.29 is 4.74 Å². The van der Waals surface area contributed by atoms with Crippen LogP contribution in [0.2, 0.25) is 5.15 Å². The van der Waals surface area contributed by atoms with Crippen LogP contribution in [0.4, 0.5) is 5.13 Å². The van der Waals surface area contributed by atoms with E-state index in [0.717, 1.165) is 27.5 Å². The van der Waals surface area contributed by atoms with E-state index < -0.39 is 0 Å². The van der Waals surface area contributed by atoms with Crippen molar-refractivity contribution in [1.82, 2.24) is 15.2 Å². The molecule has 8 heteroatoms. The average Bonchev–Trinajstić information content (AvgIpc) is 2.85. The number of pyridine rings is 1. The molecule has 5 nitrogen and oxygen atoms in total. The summed E-state index contributed by atoms with van der Waals surface area (Å²) in [7, 11) is 1.67. The second kappa shape index (κ2) is 7.64. The normalized spacial score (nSPS) is 10.6. The summed E-state index contributed by atoms with van der Waals surface area (Å²) in [5.74, 6) is 0.729. The number of methoxy groups -OCH3 is 1. The van der Waals surface area contributed by atoms with Gasteiger partial charge in [-0.05, 0) is 12.1 Å². The first kappa shape index (κ1) is 14.5. The quantitative estimate of drug-likeness (QED) is 0.481. The van der Waals surface area contributed by atoms with E-state index in [2.05, 4.69) is 20.5 Å². The van der Waals surface area contributed by atoms with Crippen molar-refractivity contribution in [3.63, 3.8) is 0 Å². The first-order valence-electron chi connectivity index (χ1n) is 5.58. The summed E-state index contributed by atoms with van der Waals surface area (Å²) < 4.78 is 5.86. The lowest BCUT2D eigenvalue weighted by Crippen LogP contribution is -2.06. The van der Waals surface area contributed by atoms with Crippen LogP contribution in [0.15, 0.2) is 22.5 Å².